The number of hydrogen-bond donors (Lipinski definition) is 2. The number of methoxy groups -OCH3 is 1. The van der Waals surface area contributed by atoms with Gasteiger partial charge in [-0.05, 0) is 43.9 Å². The van der Waals surface area contributed by atoms with Crippen molar-refractivity contribution < 1.29 is 35.9 Å². The summed E-state index contributed by atoms with van der Waals surface area (Å²) in [6, 6.07) is 3.86. The summed E-state index contributed by atoms with van der Waals surface area (Å²) in [7, 11) is -2.44. The van der Waals surface area contributed by atoms with E-state index in [1.807, 2.05) is 0 Å². The van der Waals surface area contributed by atoms with Gasteiger partial charge in [-0.3, -0.25) is 4.79 Å². The molecule has 13 heteroatoms. The van der Waals surface area contributed by atoms with Crippen LogP contribution in [0.4, 0.5) is 18.9 Å². The maximum absolute atomic E-state index is 13.3. The lowest BCUT2D eigenvalue weighted by atomic mass is 10.1. The molecule has 0 atom stereocenters. The minimum absolute atomic E-state index is 0.0640. The number of carbonyl (C=O) groups is 1. The average molecular weight is 474 g/mol. The van der Waals surface area contributed by atoms with E-state index in [4.69, 9.17) is 9.47 Å². The Morgan fingerprint density at radius 3 is 2.75 bits per heavy atom. The monoisotopic (exact) mass is 474 g/mol. The Hall–Kier alpha value is -2.80. The van der Waals surface area contributed by atoms with Gasteiger partial charge in [-0.2, -0.15) is 18.3 Å². The second-order valence-electron chi connectivity index (χ2n) is 7.55. The number of carbonyl (C=O) groups excluding carboxylic acids is 1. The van der Waals surface area contributed by atoms with E-state index in [2.05, 4.69) is 15.1 Å². The third kappa shape index (κ3) is 4.67. The standard InChI is InChI=1S/C19H21F3N4O5S/c1-30-15-7-6-12(32(28,29)25-11-4-5-11)9-14(15)23-16(27)10-26-18-13(3-2-8-31-18)17(24-26)19(20,21)22/h6-7,9,11,25H,2-5,8,10H2,1H3,(H,23,27). The number of sulfonamides is 1. The smallest absolute Gasteiger partial charge is 0.435 e. The number of benzene rings is 1. The van der Waals surface area contributed by atoms with Gasteiger partial charge in [-0.15, -0.1) is 0 Å². The van der Waals surface area contributed by atoms with Crippen LogP contribution in [0.5, 0.6) is 11.6 Å². The lowest BCUT2D eigenvalue weighted by Gasteiger charge is -2.16. The van der Waals surface area contributed by atoms with Crippen molar-refractivity contribution in [3.63, 3.8) is 0 Å². The number of rotatable bonds is 7. The predicted octanol–water partition coefficient (Wildman–Crippen LogP) is 2.31. The predicted molar refractivity (Wildman–Crippen MR) is 106 cm³/mol. The molecule has 2 aliphatic rings. The van der Waals surface area contributed by atoms with Crippen LogP contribution in [0, 0.1) is 0 Å². The molecule has 0 radical (unpaired) electrons. The number of amides is 1. The lowest BCUT2D eigenvalue weighted by molar-refractivity contribution is -0.142. The van der Waals surface area contributed by atoms with Crippen LogP contribution < -0.4 is 19.5 Å². The van der Waals surface area contributed by atoms with Gasteiger partial charge in [0.2, 0.25) is 21.8 Å². The molecule has 0 spiro atoms. The van der Waals surface area contributed by atoms with E-state index < -0.39 is 34.3 Å². The highest BCUT2D eigenvalue weighted by Gasteiger charge is 2.40. The maximum Gasteiger partial charge on any atom is 0.435 e. The number of ether oxygens (including phenoxy) is 2. The van der Waals surface area contributed by atoms with E-state index >= 15 is 0 Å². The molecule has 1 amide bonds. The van der Waals surface area contributed by atoms with Gasteiger partial charge in [0.25, 0.3) is 0 Å². The van der Waals surface area contributed by atoms with Gasteiger partial charge in [-0.1, -0.05) is 0 Å². The zero-order chi connectivity index (χ0) is 23.1. The van der Waals surface area contributed by atoms with E-state index in [0.717, 1.165) is 17.5 Å². The molecule has 1 saturated carbocycles. The molecule has 2 aromatic rings. The zero-order valence-electron chi connectivity index (χ0n) is 17.0. The van der Waals surface area contributed by atoms with E-state index in [9.17, 15) is 26.4 Å². The summed E-state index contributed by atoms with van der Waals surface area (Å²) in [5.41, 5.74) is -1.08. The Balaban J connectivity index is 1.57. The molecule has 1 aliphatic heterocycles. The normalized spacial score (nSPS) is 16.2. The Bertz CT molecular complexity index is 1140. The summed E-state index contributed by atoms with van der Waals surface area (Å²) in [4.78, 5) is 12.5. The lowest BCUT2D eigenvalue weighted by Crippen LogP contribution is -2.26. The molecule has 1 aromatic carbocycles. The molecule has 9 nitrogen and oxygen atoms in total. The van der Waals surface area contributed by atoms with Gasteiger partial charge < -0.3 is 14.8 Å². The Kier molecular flexibility index (Phi) is 5.79. The summed E-state index contributed by atoms with van der Waals surface area (Å²) in [5, 5.41) is 6.04. The Morgan fingerprint density at radius 2 is 2.09 bits per heavy atom. The van der Waals surface area contributed by atoms with Crippen LogP contribution in [0.3, 0.4) is 0 Å². The number of anilines is 1. The zero-order valence-corrected chi connectivity index (χ0v) is 17.8. The highest BCUT2D eigenvalue weighted by atomic mass is 32.2. The molecule has 1 aromatic heterocycles. The second-order valence-corrected chi connectivity index (χ2v) is 9.26. The summed E-state index contributed by atoms with van der Waals surface area (Å²) in [5.74, 6) is -0.615. The van der Waals surface area contributed by atoms with Gasteiger partial charge in [0.1, 0.15) is 12.3 Å². The van der Waals surface area contributed by atoms with Crippen LogP contribution in [0.15, 0.2) is 23.1 Å². The topological polar surface area (TPSA) is 112 Å². The Morgan fingerprint density at radius 1 is 1.34 bits per heavy atom. The molecular formula is C19H21F3N4O5S. The molecule has 0 saturated heterocycles. The minimum Gasteiger partial charge on any atom is -0.495 e. The van der Waals surface area contributed by atoms with Crippen molar-refractivity contribution >= 4 is 21.6 Å². The van der Waals surface area contributed by atoms with Crippen LogP contribution >= 0.6 is 0 Å². The molecule has 0 unspecified atom stereocenters. The van der Waals surface area contributed by atoms with Crippen molar-refractivity contribution in [3.8, 4) is 11.6 Å². The summed E-state index contributed by atoms with van der Waals surface area (Å²) in [6.45, 7) is -0.335. The SMILES string of the molecule is COc1ccc(S(=O)(=O)NC2CC2)cc1NC(=O)Cn1nc(C(F)(F)F)c2c1OCCC2. The average Bonchev–Trinajstić information content (AvgIpc) is 3.45. The van der Waals surface area contributed by atoms with Crippen LogP contribution in [-0.4, -0.2) is 43.9 Å². The molecule has 1 aliphatic carbocycles. The third-order valence-electron chi connectivity index (χ3n) is 5.03. The molecule has 2 N–H and O–H groups in total. The van der Waals surface area contributed by atoms with Gasteiger partial charge in [0, 0.05) is 11.6 Å². The molecule has 0 bridgehead atoms. The first kappa shape index (κ1) is 22.4. The van der Waals surface area contributed by atoms with Crippen LogP contribution in [-0.2, 0) is 34.0 Å². The number of fused-ring (bicyclic) bond motifs is 1. The van der Waals surface area contributed by atoms with Gasteiger partial charge in [-0.25, -0.2) is 17.8 Å². The number of halogens is 3. The highest BCUT2D eigenvalue weighted by Crippen LogP contribution is 2.38. The van der Waals surface area contributed by atoms with Crippen LogP contribution in [0.25, 0.3) is 0 Å². The van der Waals surface area contributed by atoms with Crippen molar-refractivity contribution in [2.45, 2.75) is 49.3 Å². The highest BCUT2D eigenvalue weighted by molar-refractivity contribution is 7.89. The minimum atomic E-state index is -4.67. The quantitative estimate of drug-likeness (QED) is 0.637. The molecular weight excluding hydrogens is 453 g/mol. The van der Waals surface area contributed by atoms with Crippen molar-refractivity contribution in [1.82, 2.24) is 14.5 Å². The molecule has 1 fully saturated rings. The number of hydrogen-bond acceptors (Lipinski definition) is 6. The summed E-state index contributed by atoms with van der Waals surface area (Å²) < 4.78 is 78.8. The van der Waals surface area contributed by atoms with Crippen molar-refractivity contribution in [2.75, 3.05) is 19.0 Å². The molecule has 2 heterocycles. The van der Waals surface area contributed by atoms with Gasteiger partial charge >= 0.3 is 6.18 Å². The fraction of sp³-hybridized carbons (Fsp3) is 0.474. The van der Waals surface area contributed by atoms with Crippen molar-refractivity contribution in [3.05, 3.63) is 29.5 Å². The number of alkyl halides is 3. The molecule has 4 rings (SSSR count). The maximum atomic E-state index is 13.3. The number of nitrogens with zero attached hydrogens (tertiary/aromatic N) is 2. The van der Waals surface area contributed by atoms with Gasteiger partial charge in [0.05, 0.1) is 24.3 Å². The summed E-state index contributed by atoms with van der Waals surface area (Å²) >= 11 is 0. The van der Waals surface area contributed by atoms with E-state index in [-0.39, 0.29) is 46.8 Å². The second kappa shape index (κ2) is 8.28. The largest absolute Gasteiger partial charge is 0.495 e. The van der Waals surface area contributed by atoms with Crippen LogP contribution in [0.2, 0.25) is 0 Å². The molecule has 174 valence electrons. The van der Waals surface area contributed by atoms with Gasteiger partial charge in [0.15, 0.2) is 5.69 Å². The van der Waals surface area contributed by atoms with E-state index in [0.29, 0.717) is 6.42 Å². The fourth-order valence-electron chi connectivity index (χ4n) is 3.39. The summed E-state index contributed by atoms with van der Waals surface area (Å²) in [6.07, 6.45) is -2.59. The fourth-order valence-corrected chi connectivity index (χ4v) is 4.72. The van der Waals surface area contributed by atoms with E-state index in [1.165, 1.54) is 25.3 Å². The Labute approximate surface area is 181 Å². The molecule has 32 heavy (non-hydrogen) atoms. The van der Waals surface area contributed by atoms with E-state index in [1.54, 1.807) is 0 Å². The first-order chi connectivity index (χ1) is 15.1. The number of aromatic nitrogens is 2. The van der Waals surface area contributed by atoms with Crippen LogP contribution in [0.1, 0.15) is 30.5 Å². The first-order valence-corrected chi connectivity index (χ1v) is 11.4. The van der Waals surface area contributed by atoms with Crippen molar-refractivity contribution in [2.24, 2.45) is 0 Å². The third-order valence-corrected chi connectivity index (χ3v) is 6.54. The van der Waals surface area contributed by atoms with Crippen molar-refractivity contribution in [1.29, 1.82) is 0 Å². The number of nitrogens with one attached hydrogen (secondary N) is 2. The first-order valence-electron chi connectivity index (χ1n) is 9.88.